The van der Waals surface area contributed by atoms with Gasteiger partial charge in [0.15, 0.2) is 0 Å². The minimum absolute atomic E-state index is 0.0831. The highest BCUT2D eigenvalue weighted by atomic mass is 16.4. The van der Waals surface area contributed by atoms with Crippen molar-refractivity contribution in [2.24, 2.45) is 11.8 Å². The van der Waals surface area contributed by atoms with Crippen LogP contribution in [-0.2, 0) is 11.2 Å². The number of benzene rings is 1. The normalized spacial score (nSPS) is 25.5. The molecule has 2 nitrogen and oxygen atoms in total. The number of hydrogen-bond donors (Lipinski definition) is 1. The molecule has 2 atom stereocenters. The zero-order valence-electron chi connectivity index (χ0n) is 7.31. The maximum Gasteiger partial charge on any atom is 0.306 e. The Bertz CT molecular complexity index is 305. The summed E-state index contributed by atoms with van der Waals surface area (Å²) in [6, 6.07) is 10.1. The zero-order valence-corrected chi connectivity index (χ0v) is 7.31. The first-order valence-corrected chi connectivity index (χ1v) is 4.54. The molecular weight excluding hydrogens is 164 g/mol. The Balaban J connectivity index is 1.92. The average Bonchev–Trinajstić information content (AvgIpc) is 2.86. The molecule has 2 heteroatoms. The zero-order chi connectivity index (χ0) is 9.26. The van der Waals surface area contributed by atoms with Crippen molar-refractivity contribution in [3.05, 3.63) is 35.9 Å². The third kappa shape index (κ3) is 1.89. The monoisotopic (exact) mass is 176 g/mol. The highest BCUT2D eigenvalue weighted by molar-refractivity contribution is 5.73. The van der Waals surface area contributed by atoms with Crippen LogP contribution in [0.3, 0.4) is 0 Å². The van der Waals surface area contributed by atoms with E-state index in [0.29, 0.717) is 5.92 Å². The van der Waals surface area contributed by atoms with Gasteiger partial charge in [0, 0.05) is 0 Å². The second-order valence-corrected chi connectivity index (χ2v) is 3.63. The Morgan fingerprint density at radius 2 is 2.08 bits per heavy atom. The lowest BCUT2D eigenvalue weighted by Gasteiger charge is -1.97. The summed E-state index contributed by atoms with van der Waals surface area (Å²) < 4.78 is 0. The molecule has 1 fully saturated rings. The quantitative estimate of drug-likeness (QED) is 0.764. The van der Waals surface area contributed by atoms with Gasteiger partial charge in [-0.15, -0.1) is 0 Å². The number of aliphatic carboxylic acids is 1. The molecule has 1 N–H and O–H groups in total. The molecule has 1 aliphatic rings. The molecule has 0 aliphatic heterocycles. The number of rotatable bonds is 3. The Labute approximate surface area is 77.2 Å². The van der Waals surface area contributed by atoms with Gasteiger partial charge in [0.25, 0.3) is 0 Å². The summed E-state index contributed by atoms with van der Waals surface area (Å²) in [5.41, 5.74) is 1.25. The van der Waals surface area contributed by atoms with Crippen LogP contribution in [0.5, 0.6) is 0 Å². The van der Waals surface area contributed by atoms with Gasteiger partial charge in [0.2, 0.25) is 0 Å². The predicted octanol–water partition coefficient (Wildman–Crippen LogP) is 1.95. The van der Waals surface area contributed by atoms with E-state index in [1.807, 2.05) is 18.2 Å². The first-order valence-electron chi connectivity index (χ1n) is 4.54. The van der Waals surface area contributed by atoms with Crippen molar-refractivity contribution in [1.82, 2.24) is 0 Å². The van der Waals surface area contributed by atoms with Gasteiger partial charge in [-0.25, -0.2) is 0 Å². The van der Waals surface area contributed by atoms with Gasteiger partial charge in [0.1, 0.15) is 0 Å². The molecule has 0 amide bonds. The van der Waals surface area contributed by atoms with E-state index in [4.69, 9.17) is 5.11 Å². The fraction of sp³-hybridized carbons (Fsp3) is 0.364. The lowest BCUT2D eigenvalue weighted by atomic mass is 10.1. The van der Waals surface area contributed by atoms with E-state index in [1.54, 1.807) is 0 Å². The molecule has 2 rings (SSSR count). The van der Waals surface area contributed by atoms with E-state index in [2.05, 4.69) is 12.1 Å². The van der Waals surface area contributed by atoms with E-state index in [-0.39, 0.29) is 5.92 Å². The highest BCUT2D eigenvalue weighted by Crippen LogP contribution is 2.40. The van der Waals surface area contributed by atoms with Gasteiger partial charge in [0.05, 0.1) is 5.92 Å². The number of carbonyl (C=O) groups is 1. The highest BCUT2D eigenvalue weighted by Gasteiger charge is 2.42. The van der Waals surface area contributed by atoms with Crippen molar-refractivity contribution in [2.45, 2.75) is 12.8 Å². The first-order chi connectivity index (χ1) is 6.27. The van der Waals surface area contributed by atoms with Crippen LogP contribution in [-0.4, -0.2) is 11.1 Å². The molecule has 0 unspecified atom stereocenters. The minimum Gasteiger partial charge on any atom is -0.481 e. The summed E-state index contributed by atoms with van der Waals surface area (Å²) in [5.74, 6) is -0.346. The third-order valence-electron chi connectivity index (χ3n) is 2.58. The average molecular weight is 176 g/mol. The SMILES string of the molecule is O=C(O)[C@H]1C[C@@H]1Cc1ccccc1. The number of carboxylic acids is 1. The molecule has 1 aromatic carbocycles. The molecule has 0 spiro atoms. The molecule has 68 valence electrons. The standard InChI is InChI=1S/C11H12O2/c12-11(13)10-7-9(10)6-8-4-2-1-3-5-8/h1-5,9-10H,6-7H2,(H,12,13)/t9-,10-/m0/s1. The van der Waals surface area contributed by atoms with Crippen molar-refractivity contribution in [3.63, 3.8) is 0 Å². The van der Waals surface area contributed by atoms with E-state index < -0.39 is 5.97 Å². The van der Waals surface area contributed by atoms with Gasteiger partial charge < -0.3 is 5.11 Å². The van der Waals surface area contributed by atoms with Crippen LogP contribution in [0.25, 0.3) is 0 Å². The molecule has 1 aromatic rings. The van der Waals surface area contributed by atoms with Crippen molar-refractivity contribution < 1.29 is 9.90 Å². The number of hydrogen-bond acceptors (Lipinski definition) is 1. The second kappa shape index (κ2) is 3.21. The summed E-state index contributed by atoms with van der Waals surface area (Å²) in [6.45, 7) is 0. The lowest BCUT2D eigenvalue weighted by molar-refractivity contribution is -0.138. The fourth-order valence-corrected chi connectivity index (χ4v) is 1.69. The molecule has 0 heterocycles. The smallest absolute Gasteiger partial charge is 0.306 e. The minimum atomic E-state index is -0.638. The van der Waals surface area contributed by atoms with Crippen LogP contribution in [0.2, 0.25) is 0 Å². The Morgan fingerprint density at radius 3 is 2.62 bits per heavy atom. The Hall–Kier alpha value is -1.31. The summed E-state index contributed by atoms with van der Waals surface area (Å²) in [6.07, 6.45) is 1.77. The maximum absolute atomic E-state index is 10.6. The van der Waals surface area contributed by atoms with E-state index in [9.17, 15) is 4.79 Å². The molecule has 1 aliphatic carbocycles. The molecule has 13 heavy (non-hydrogen) atoms. The third-order valence-corrected chi connectivity index (χ3v) is 2.58. The fourth-order valence-electron chi connectivity index (χ4n) is 1.69. The van der Waals surface area contributed by atoms with Crippen molar-refractivity contribution in [2.75, 3.05) is 0 Å². The van der Waals surface area contributed by atoms with Crippen LogP contribution in [0, 0.1) is 11.8 Å². The Morgan fingerprint density at radius 1 is 1.38 bits per heavy atom. The van der Waals surface area contributed by atoms with Crippen molar-refractivity contribution in [3.8, 4) is 0 Å². The van der Waals surface area contributed by atoms with Gasteiger partial charge >= 0.3 is 5.97 Å². The largest absolute Gasteiger partial charge is 0.481 e. The molecular formula is C11H12O2. The second-order valence-electron chi connectivity index (χ2n) is 3.63. The molecule has 0 bridgehead atoms. The molecule has 0 aromatic heterocycles. The summed E-state index contributed by atoms with van der Waals surface area (Å²) >= 11 is 0. The summed E-state index contributed by atoms with van der Waals surface area (Å²) in [5, 5.41) is 8.70. The Kier molecular flexibility index (Phi) is 2.05. The van der Waals surface area contributed by atoms with Gasteiger partial charge in [-0.2, -0.15) is 0 Å². The van der Waals surface area contributed by atoms with E-state index in [1.165, 1.54) is 5.56 Å². The van der Waals surface area contributed by atoms with Crippen LogP contribution in [0.1, 0.15) is 12.0 Å². The van der Waals surface area contributed by atoms with Crippen LogP contribution in [0.15, 0.2) is 30.3 Å². The van der Waals surface area contributed by atoms with Gasteiger partial charge in [-0.3, -0.25) is 4.79 Å². The van der Waals surface area contributed by atoms with E-state index in [0.717, 1.165) is 12.8 Å². The van der Waals surface area contributed by atoms with Gasteiger partial charge in [-0.1, -0.05) is 30.3 Å². The molecule has 1 saturated carbocycles. The summed E-state index contributed by atoms with van der Waals surface area (Å²) in [7, 11) is 0. The number of carboxylic acid groups (broad SMARTS) is 1. The van der Waals surface area contributed by atoms with Crippen LogP contribution < -0.4 is 0 Å². The first kappa shape index (κ1) is 8.30. The maximum atomic E-state index is 10.6. The topological polar surface area (TPSA) is 37.3 Å². The predicted molar refractivity (Wildman–Crippen MR) is 49.4 cm³/mol. The van der Waals surface area contributed by atoms with E-state index >= 15 is 0 Å². The van der Waals surface area contributed by atoms with Gasteiger partial charge in [-0.05, 0) is 24.3 Å². The molecule has 0 saturated heterocycles. The van der Waals surface area contributed by atoms with Crippen LogP contribution in [0.4, 0.5) is 0 Å². The van der Waals surface area contributed by atoms with Crippen molar-refractivity contribution >= 4 is 5.97 Å². The van der Waals surface area contributed by atoms with Crippen LogP contribution >= 0.6 is 0 Å². The van der Waals surface area contributed by atoms with Crippen molar-refractivity contribution in [1.29, 1.82) is 0 Å². The molecule has 0 radical (unpaired) electrons. The lowest BCUT2D eigenvalue weighted by Crippen LogP contribution is -2.00. The summed E-state index contributed by atoms with van der Waals surface area (Å²) in [4.78, 5) is 10.6.